The third-order valence-electron chi connectivity index (χ3n) is 4.59. The van der Waals surface area contributed by atoms with Gasteiger partial charge in [-0.05, 0) is 37.5 Å². The number of benzene rings is 2. The highest BCUT2D eigenvalue weighted by molar-refractivity contribution is 7.87. The summed E-state index contributed by atoms with van der Waals surface area (Å²) >= 11 is 0. The SMILES string of the molecule is CCCCCC/C=C\[C@H](O)C/[S@@](=N\C(=O)OCc1ccccc1)c1ccc(C)cc1. The Morgan fingerprint density at radius 3 is 2.53 bits per heavy atom. The molecule has 1 N–H and O–H groups in total. The molecule has 4 nitrogen and oxygen atoms in total. The van der Waals surface area contributed by atoms with Crippen molar-refractivity contribution in [2.45, 2.75) is 63.6 Å². The fourth-order valence-electron chi connectivity index (χ4n) is 2.88. The lowest BCUT2D eigenvalue weighted by Gasteiger charge is -2.12. The van der Waals surface area contributed by atoms with Crippen molar-refractivity contribution in [3.05, 3.63) is 77.9 Å². The van der Waals surface area contributed by atoms with Crippen LogP contribution in [0.1, 0.15) is 50.2 Å². The fourth-order valence-corrected chi connectivity index (χ4v) is 4.37. The molecule has 162 valence electrons. The van der Waals surface area contributed by atoms with E-state index in [0.717, 1.165) is 28.9 Å². The van der Waals surface area contributed by atoms with Crippen LogP contribution in [-0.4, -0.2) is 23.1 Å². The molecule has 0 aromatic heterocycles. The summed E-state index contributed by atoms with van der Waals surface area (Å²) in [5.74, 6) is 0.370. The van der Waals surface area contributed by atoms with Crippen LogP contribution in [0.5, 0.6) is 0 Å². The molecular weight excluding hydrogens is 394 g/mol. The second kappa shape index (κ2) is 13.9. The maximum absolute atomic E-state index is 12.3. The average molecular weight is 428 g/mol. The minimum Gasteiger partial charge on any atom is -0.443 e. The molecule has 30 heavy (non-hydrogen) atoms. The summed E-state index contributed by atoms with van der Waals surface area (Å²) < 4.78 is 9.60. The number of aliphatic hydroxyl groups excluding tert-OH is 1. The number of rotatable bonds is 11. The van der Waals surface area contributed by atoms with Crippen molar-refractivity contribution < 1.29 is 14.6 Å². The Morgan fingerprint density at radius 2 is 1.83 bits per heavy atom. The second-order valence-corrected chi connectivity index (χ2v) is 9.04. The van der Waals surface area contributed by atoms with Gasteiger partial charge in [-0.3, -0.25) is 0 Å². The average Bonchev–Trinajstić information content (AvgIpc) is 2.75. The predicted molar refractivity (Wildman–Crippen MR) is 125 cm³/mol. The summed E-state index contributed by atoms with van der Waals surface area (Å²) in [7, 11) is -0.775. The number of unbranched alkanes of at least 4 members (excludes halogenated alkanes) is 4. The molecule has 1 amide bonds. The molecule has 2 aromatic rings. The van der Waals surface area contributed by atoms with Gasteiger partial charge in [-0.25, -0.2) is 4.79 Å². The lowest BCUT2D eigenvalue weighted by atomic mass is 10.1. The number of carbonyl (C=O) groups excluding carboxylic acids is 1. The third kappa shape index (κ3) is 9.51. The maximum atomic E-state index is 12.3. The van der Waals surface area contributed by atoms with Crippen LogP contribution in [-0.2, 0) is 22.0 Å². The Morgan fingerprint density at radius 1 is 1.10 bits per heavy atom. The molecule has 0 heterocycles. The molecule has 5 heteroatoms. The van der Waals surface area contributed by atoms with E-state index in [0.29, 0.717) is 5.75 Å². The van der Waals surface area contributed by atoms with E-state index >= 15 is 0 Å². The Bertz CT molecular complexity index is 816. The topological polar surface area (TPSA) is 58.9 Å². The molecule has 0 fully saturated rings. The first-order chi connectivity index (χ1) is 14.6. The maximum Gasteiger partial charge on any atom is 0.440 e. The van der Waals surface area contributed by atoms with E-state index in [1.807, 2.05) is 73.7 Å². The molecule has 0 bridgehead atoms. The molecular formula is C25H33NO3S. The highest BCUT2D eigenvalue weighted by atomic mass is 32.2. The van der Waals surface area contributed by atoms with Crippen LogP contribution in [0.15, 0.2) is 76.0 Å². The van der Waals surface area contributed by atoms with E-state index < -0.39 is 22.9 Å². The minimum atomic E-state index is -0.775. The van der Waals surface area contributed by atoms with Gasteiger partial charge in [-0.15, -0.1) is 4.36 Å². The van der Waals surface area contributed by atoms with Crippen LogP contribution in [0.3, 0.4) is 0 Å². The lowest BCUT2D eigenvalue weighted by molar-refractivity contribution is 0.151. The number of aryl methyl sites for hydroxylation is 1. The van der Waals surface area contributed by atoms with Crippen molar-refractivity contribution in [3.8, 4) is 0 Å². The van der Waals surface area contributed by atoms with Crippen molar-refractivity contribution in [1.29, 1.82) is 0 Å². The summed E-state index contributed by atoms with van der Waals surface area (Å²) in [6.45, 7) is 4.40. The molecule has 0 spiro atoms. The number of hydrogen-bond acceptors (Lipinski definition) is 3. The van der Waals surface area contributed by atoms with E-state index in [9.17, 15) is 9.90 Å². The molecule has 2 aromatic carbocycles. The van der Waals surface area contributed by atoms with Crippen LogP contribution in [0.4, 0.5) is 4.79 Å². The zero-order valence-electron chi connectivity index (χ0n) is 18.0. The number of hydrogen-bond donors (Lipinski definition) is 1. The zero-order valence-corrected chi connectivity index (χ0v) is 18.8. The summed E-state index contributed by atoms with van der Waals surface area (Å²) in [5.41, 5.74) is 2.06. The monoisotopic (exact) mass is 427 g/mol. The van der Waals surface area contributed by atoms with Gasteiger partial charge in [0.25, 0.3) is 0 Å². The standard InChI is InChI=1S/C25H33NO3S/c1-3-4-5-6-7-11-14-23(27)20-30(24-17-15-21(2)16-18-24)26-25(28)29-19-22-12-9-8-10-13-22/h8-18,23,27H,3-7,19-20H2,1-2H3/b14-11-/t23-,30+/m0/s1. The van der Waals surface area contributed by atoms with Gasteiger partial charge >= 0.3 is 6.09 Å². The highest BCUT2D eigenvalue weighted by Crippen LogP contribution is 2.14. The first-order valence-corrected chi connectivity index (χ1v) is 12.0. The lowest BCUT2D eigenvalue weighted by Crippen LogP contribution is -2.15. The molecule has 0 aliphatic heterocycles. The van der Waals surface area contributed by atoms with Gasteiger partial charge in [0.15, 0.2) is 0 Å². The largest absolute Gasteiger partial charge is 0.443 e. The smallest absolute Gasteiger partial charge is 0.440 e. The molecule has 2 atom stereocenters. The molecule has 0 saturated heterocycles. The number of allylic oxidation sites excluding steroid dienone is 1. The van der Waals surface area contributed by atoms with Gasteiger partial charge in [0.05, 0.1) is 6.10 Å². The van der Waals surface area contributed by atoms with Gasteiger partial charge in [0.1, 0.15) is 6.61 Å². The molecule has 2 rings (SSSR count). The molecule has 0 unspecified atom stereocenters. The highest BCUT2D eigenvalue weighted by Gasteiger charge is 2.11. The van der Waals surface area contributed by atoms with Gasteiger partial charge in [-0.1, -0.05) is 97.1 Å². The summed E-state index contributed by atoms with van der Waals surface area (Å²) in [6, 6.07) is 17.5. The number of aliphatic hydroxyl groups is 1. The van der Waals surface area contributed by atoms with E-state index in [1.54, 1.807) is 0 Å². The first kappa shape index (κ1) is 24.0. The number of amides is 1. The van der Waals surface area contributed by atoms with E-state index in [2.05, 4.69) is 11.3 Å². The number of carbonyl (C=O) groups is 1. The molecule has 0 radical (unpaired) electrons. The first-order valence-electron chi connectivity index (χ1n) is 10.6. The summed E-state index contributed by atoms with van der Waals surface area (Å²) in [6.07, 6.45) is 8.39. The van der Waals surface area contributed by atoms with Gasteiger partial charge in [-0.2, -0.15) is 0 Å². The van der Waals surface area contributed by atoms with Gasteiger partial charge < -0.3 is 9.84 Å². The molecule has 0 saturated carbocycles. The van der Waals surface area contributed by atoms with Crippen LogP contribution < -0.4 is 0 Å². The van der Waals surface area contributed by atoms with Gasteiger partial charge in [0.2, 0.25) is 0 Å². The summed E-state index contributed by atoms with van der Waals surface area (Å²) in [4.78, 5) is 13.3. The van der Waals surface area contributed by atoms with E-state index in [-0.39, 0.29) is 6.61 Å². The quantitative estimate of drug-likeness (QED) is 0.334. The van der Waals surface area contributed by atoms with Crippen molar-refractivity contribution in [1.82, 2.24) is 0 Å². The van der Waals surface area contributed by atoms with Crippen LogP contribution >= 0.6 is 0 Å². The van der Waals surface area contributed by atoms with E-state index in [1.165, 1.54) is 19.3 Å². The third-order valence-corrected chi connectivity index (χ3v) is 6.44. The van der Waals surface area contributed by atoms with E-state index in [4.69, 9.17) is 4.74 Å². The predicted octanol–water partition coefficient (Wildman–Crippen LogP) is 6.38. The van der Waals surface area contributed by atoms with Crippen molar-refractivity contribution in [3.63, 3.8) is 0 Å². The van der Waals surface area contributed by atoms with Crippen LogP contribution in [0.2, 0.25) is 0 Å². The Kier molecular flexibility index (Phi) is 11.1. The molecule has 0 aliphatic rings. The van der Waals surface area contributed by atoms with Crippen LogP contribution in [0, 0.1) is 6.92 Å². The summed E-state index contributed by atoms with van der Waals surface area (Å²) in [5, 5.41) is 10.5. The van der Waals surface area contributed by atoms with Crippen LogP contribution in [0.25, 0.3) is 0 Å². The fraction of sp³-hybridized carbons (Fsp3) is 0.400. The van der Waals surface area contributed by atoms with Crippen molar-refractivity contribution in [2.24, 2.45) is 4.36 Å². The zero-order chi connectivity index (χ0) is 21.6. The number of nitrogens with zero attached hydrogens (tertiary/aromatic N) is 1. The Balaban J connectivity index is 2.01. The molecule has 0 aliphatic carbocycles. The van der Waals surface area contributed by atoms with Crippen molar-refractivity contribution in [2.75, 3.05) is 5.75 Å². The second-order valence-electron chi connectivity index (χ2n) is 7.32. The number of ether oxygens (including phenoxy) is 1. The minimum absolute atomic E-state index is 0.189. The Labute approximate surface area is 183 Å². The normalized spacial score (nSPS) is 13.4. The van der Waals surface area contributed by atoms with Gasteiger partial charge in [0, 0.05) is 10.6 Å². The Hall–Kier alpha value is -2.24. The van der Waals surface area contributed by atoms with Crippen molar-refractivity contribution >= 4 is 16.8 Å².